The van der Waals surface area contributed by atoms with E-state index < -0.39 is 5.97 Å². The Morgan fingerprint density at radius 2 is 0.798 bits per heavy atom. The summed E-state index contributed by atoms with van der Waals surface area (Å²) in [6.45, 7) is 19.3. The minimum absolute atomic E-state index is 0.0898. The fourth-order valence-corrected chi connectivity index (χ4v) is 10.1. The summed E-state index contributed by atoms with van der Waals surface area (Å²) in [7, 11) is 0. The lowest BCUT2D eigenvalue weighted by atomic mass is 10.1. The molecule has 5 amide bonds. The van der Waals surface area contributed by atoms with Gasteiger partial charge in [0.2, 0.25) is 6.08 Å². The third-order valence-electron chi connectivity index (χ3n) is 17.1. The maximum absolute atomic E-state index is 13.3. The van der Waals surface area contributed by atoms with Gasteiger partial charge in [0.1, 0.15) is 12.6 Å². The number of aromatic carboxylic acids is 1. The summed E-state index contributed by atoms with van der Waals surface area (Å²) in [5.74, 6) is -1.50. The van der Waals surface area contributed by atoms with Crippen molar-refractivity contribution in [1.29, 1.82) is 0 Å². The standard InChI is InChI=1S/C30H30N4O2.C23H24N2O.C15H13NO2.C8H7NO.C8H6O3.C7H9N/c1-20-8-15-25(16-9-20)32-30(36)34(26-17-10-21(2)22(3)18-26)19-23-11-13-24(14-12-23)29(35)33-28-7-5-4-6-27(28)31;1-16-8-13-21(14-18(16)3)24-15-19-9-11-20(12-10-19)23(26)25-22-7-5-4-6-17(22)2;1-11-4-2-3-5-14(11)16-15(18)13-8-6-12(10-17)7-9-13;1-7-2-4-8(5-3-7)9-6-10;9-5-6-1-3-7(4-2-6)8(10)11;1-6-4-2-3-5-7(6)8/h4-18H,19,31H2,1-3H3,(H,32,36)(H,33,35);4-14,24H,15H2,1-3H3,(H,25,26);2-10H,1H3,(H,16,18);2-5H,1H3;1-5H,(H,10,11);2-5H,8H2,1H3. The Balaban J connectivity index is 0.000000197. The molecule has 0 radical (unpaired) electrons. The number of aliphatic imine (C=N–C) groups is 1. The van der Waals surface area contributed by atoms with Gasteiger partial charge in [-0.2, -0.15) is 4.99 Å². The molecule has 0 spiro atoms. The molecule has 18 heteroatoms. The van der Waals surface area contributed by atoms with E-state index in [0.717, 1.165) is 97.0 Å². The van der Waals surface area contributed by atoms with Crippen LogP contribution < -0.4 is 43.0 Å². The molecule has 10 N–H and O–H groups in total. The van der Waals surface area contributed by atoms with Crippen molar-refractivity contribution in [2.24, 2.45) is 4.99 Å². The second-order valence-electron chi connectivity index (χ2n) is 25.5. The first-order valence-corrected chi connectivity index (χ1v) is 34.8. The van der Waals surface area contributed by atoms with Crippen LogP contribution in [-0.2, 0) is 17.9 Å². The molecule has 0 aromatic heterocycles. The van der Waals surface area contributed by atoms with Crippen LogP contribution in [0.25, 0.3) is 0 Å². The second-order valence-corrected chi connectivity index (χ2v) is 25.5. The molecule has 109 heavy (non-hydrogen) atoms. The van der Waals surface area contributed by atoms with E-state index in [1.807, 2.05) is 224 Å². The van der Waals surface area contributed by atoms with Crippen LogP contribution >= 0.6 is 0 Å². The number of carboxylic acids is 1. The van der Waals surface area contributed by atoms with Crippen molar-refractivity contribution in [3.8, 4) is 0 Å². The van der Waals surface area contributed by atoms with E-state index in [1.54, 1.807) is 65.6 Å². The number of nitrogens with zero attached hydrogens (tertiary/aromatic N) is 2. The van der Waals surface area contributed by atoms with Crippen molar-refractivity contribution in [3.05, 3.63) is 374 Å². The number of rotatable bonds is 17. The number of nitrogens with one attached hydrogen (secondary N) is 5. The topological polar surface area (TPSA) is 285 Å². The lowest BCUT2D eigenvalue weighted by Crippen LogP contribution is -2.34. The SMILES string of the molecule is Cc1ccc(N=C=O)cc1.Cc1ccc(NC(=O)N(Cc2ccc(C(=O)Nc3ccccc3N)cc2)c2ccc(C)c(C)c2)cc1.Cc1ccc(NCc2ccc(C(=O)Nc3ccccc3C)cc2)cc1C.Cc1ccccc1N.Cc1ccccc1NC(=O)c1ccc(C=O)cc1.O=Cc1ccc(C(=O)O)cc1. The van der Waals surface area contributed by atoms with Crippen LogP contribution in [0, 0.1) is 62.3 Å². The molecule has 0 bridgehead atoms. The minimum atomic E-state index is -0.984. The Hall–Kier alpha value is -14.1. The van der Waals surface area contributed by atoms with Crippen LogP contribution in [-0.4, -0.2) is 53.5 Å². The van der Waals surface area contributed by atoms with Gasteiger partial charge < -0.3 is 43.2 Å². The average Bonchev–Trinajstić information content (AvgIpc) is 0.814. The van der Waals surface area contributed by atoms with Crippen molar-refractivity contribution in [3.63, 3.8) is 0 Å². The lowest BCUT2D eigenvalue weighted by molar-refractivity contribution is 0.0695. The number of carboxylic acid groups (broad SMARTS) is 1. The normalized spacial score (nSPS) is 9.95. The molecule has 0 saturated carbocycles. The number of aryl methyl sites for hydroxylation is 9. The number of amides is 5. The van der Waals surface area contributed by atoms with Crippen molar-refractivity contribution >= 4 is 99.6 Å². The van der Waals surface area contributed by atoms with Crippen LogP contribution in [0.1, 0.15) is 123 Å². The molecule has 0 aliphatic carbocycles. The number of hydrogen-bond acceptors (Lipinski definition) is 12. The Bertz CT molecular complexity index is 5080. The predicted molar refractivity (Wildman–Crippen MR) is 441 cm³/mol. The first-order chi connectivity index (χ1) is 52.4. The number of benzene rings is 12. The quantitative estimate of drug-likeness (QED) is 0.0183. The number of isocyanates is 1. The third kappa shape index (κ3) is 26.8. The molecule has 0 atom stereocenters. The van der Waals surface area contributed by atoms with E-state index >= 15 is 0 Å². The fourth-order valence-electron chi connectivity index (χ4n) is 10.1. The van der Waals surface area contributed by atoms with E-state index in [9.17, 15) is 38.4 Å². The maximum atomic E-state index is 13.3. The molecule has 0 aliphatic heterocycles. The van der Waals surface area contributed by atoms with E-state index in [2.05, 4.69) is 63.6 Å². The largest absolute Gasteiger partial charge is 0.478 e. The van der Waals surface area contributed by atoms with Crippen molar-refractivity contribution in [2.75, 3.05) is 43.0 Å². The summed E-state index contributed by atoms with van der Waals surface area (Å²) in [6.07, 6.45) is 2.90. The number of aldehydes is 2. The minimum Gasteiger partial charge on any atom is -0.478 e. The van der Waals surface area contributed by atoms with Gasteiger partial charge in [-0.1, -0.05) is 163 Å². The highest BCUT2D eigenvalue weighted by molar-refractivity contribution is 6.07. The monoisotopic (exact) mass is 1450 g/mol. The summed E-state index contributed by atoms with van der Waals surface area (Å²) in [6, 6.07) is 84.6. The summed E-state index contributed by atoms with van der Waals surface area (Å²) < 4.78 is 0. The zero-order valence-electron chi connectivity index (χ0n) is 62.4. The smallest absolute Gasteiger partial charge is 0.335 e. The Kier molecular flexibility index (Phi) is 31.7. The number of anilines is 8. The van der Waals surface area contributed by atoms with Crippen molar-refractivity contribution in [1.82, 2.24) is 0 Å². The van der Waals surface area contributed by atoms with Crippen LogP contribution in [0.15, 0.2) is 284 Å². The molecule has 0 fully saturated rings. The van der Waals surface area contributed by atoms with Gasteiger partial charge in [-0.15, -0.1) is 0 Å². The van der Waals surface area contributed by atoms with Gasteiger partial charge in [-0.3, -0.25) is 28.9 Å². The Morgan fingerprint density at radius 1 is 0.394 bits per heavy atom. The molecule has 0 unspecified atom stereocenters. The average molecular weight is 1450 g/mol. The summed E-state index contributed by atoms with van der Waals surface area (Å²) >= 11 is 0. The number of carbonyl (C=O) groups is 7. The molecule has 552 valence electrons. The number of hydrogen-bond donors (Lipinski definition) is 8. The first-order valence-electron chi connectivity index (χ1n) is 34.8. The molecular weight excluding hydrogens is 1360 g/mol. The molecule has 12 aromatic rings. The molecule has 12 rings (SSSR count). The molecule has 18 nitrogen and oxygen atoms in total. The highest BCUT2D eigenvalue weighted by Gasteiger charge is 2.19. The Labute approximate surface area is 636 Å². The van der Waals surface area contributed by atoms with Gasteiger partial charge in [0, 0.05) is 68.5 Å². The van der Waals surface area contributed by atoms with Crippen LogP contribution in [0.4, 0.5) is 56.0 Å². The summed E-state index contributed by atoms with van der Waals surface area (Å²) in [4.78, 5) is 96.3. The zero-order chi connectivity index (χ0) is 78.8. The molecule has 0 heterocycles. The van der Waals surface area contributed by atoms with Gasteiger partial charge in [0.25, 0.3) is 17.7 Å². The van der Waals surface area contributed by atoms with Gasteiger partial charge in [0.05, 0.1) is 29.2 Å². The van der Waals surface area contributed by atoms with Crippen LogP contribution in [0.5, 0.6) is 0 Å². The molecular formula is C91H89N9O9. The Morgan fingerprint density at radius 3 is 1.23 bits per heavy atom. The summed E-state index contributed by atoms with van der Waals surface area (Å²) in [5.41, 5.74) is 33.6. The number of carbonyl (C=O) groups excluding carboxylic acids is 7. The van der Waals surface area contributed by atoms with E-state index in [-0.39, 0.29) is 29.3 Å². The third-order valence-corrected chi connectivity index (χ3v) is 17.1. The second kappa shape index (κ2) is 42.0. The number of nitrogen functional groups attached to an aromatic ring is 2. The van der Waals surface area contributed by atoms with Crippen LogP contribution in [0.3, 0.4) is 0 Å². The zero-order valence-corrected chi connectivity index (χ0v) is 62.4. The molecule has 12 aromatic carbocycles. The number of urea groups is 1. The molecule has 0 aliphatic rings. The van der Waals surface area contributed by atoms with Gasteiger partial charge in [-0.25, -0.2) is 14.4 Å². The van der Waals surface area contributed by atoms with E-state index in [1.165, 1.54) is 41.5 Å². The fraction of sp³-hybridized carbons (Fsp3) is 0.121. The first kappa shape index (κ1) is 82.2. The van der Waals surface area contributed by atoms with Crippen LogP contribution in [0.2, 0.25) is 0 Å². The highest BCUT2D eigenvalue weighted by Crippen LogP contribution is 2.26. The number of nitrogens with two attached hydrogens (primary N) is 2. The van der Waals surface area contributed by atoms with Gasteiger partial charge in [-0.05, 0) is 240 Å². The van der Waals surface area contributed by atoms with Crippen molar-refractivity contribution in [2.45, 2.75) is 75.4 Å². The highest BCUT2D eigenvalue weighted by atomic mass is 16.4. The maximum Gasteiger partial charge on any atom is 0.335 e. The lowest BCUT2D eigenvalue weighted by Gasteiger charge is -2.24. The molecule has 0 saturated heterocycles. The number of para-hydroxylation sites is 5. The van der Waals surface area contributed by atoms with Gasteiger partial charge >= 0.3 is 12.0 Å². The summed E-state index contributed by atoms with van der Waals surface area (Å²) in [5, 5.41) is 23.5. The van der Waals surface area contributed by atoms with Gasteiger partial charge in [0.15, 0.2) is 0 Å². The predicted octanol–water partition coefficient (Wildman–Crippen LogP) is 20.0. The van der Waals surface area contributed by atoms with Crippen molar-refractivity contribution < 1.29 is 43.5 Å². The van der Waals surface area contributed by atoms with E-state index in [4.69, 9.17) is 16.6 Å². The van der Waals surface area contributed by atoms with E-state index in [0.29, 0.717) is 57.7 Å².